The fourth-order valence-corrected chi connectivity index (χ4v) is 10.2. The number of methoxy groups -OCH3 is 1. The fourth-order valence-electron chi connectivity index (χ4n) is 9.41. The van der Waals surface area contributed by atoms with Gasteiger partial charge in [0.25, 0.3) is 5.91 Å². The van der Waals surface area contributed by atoms with Crippen LogP contribution in [0.15, 0.2) is 52.5 Å². The number of nitrogens with zero attached hydrogens (tertiary/aromatic N) is 7. The molecule has 0 spiro atoms. The minimum atomic E-state index is -1.01. The number of anilines is 2. The van der Waals surface area contributed by atoms with E-state index in [4.69, 9.17) is 28.8 Å². The molecule has 396 valence electrons. The Morgan fingerprint density at radius 3 is 2.44 bits per heavy atom. The average molecular weight is 1050 g/mol. The van der Waals surface area contributed by atoms with E-state index in [9.17, 15) is 24.3 Å². The molecule has 2 aromatic carbocycles. The van der Waals surface area contributed by atoms with E-state index in [2.05, 4.69) is 41.4 Å². The van der Waals surface area contributed by atoms with Gasteiger partial charge in [-0.1, -0.05) is 50.2 Å². The van der Waals surface area contributed by atoms with E-state index in [1.807, 2.05) is 95.6 Å². The molecule has 2 fully saturated rings. The highest BCUT2D eigenvalue weighted by atomic mass is 32.1. The number of fused-ring (bicyclic) bond motifs is 3. The highest BCUT2D eigenvalue weighted by molar-refractivity contribution is 7.13. The molecule has 22 heteroatoms. The summed E-state index contributed by atoms with van der Waals surface area (Å²) in [5.41, 5.74) is 8.45. The van der Waals surface area contributed by atoms with Gasteiger partial charge in [0.1, 0.15) is 47.5 Å². The number of aromatic nitrogens is 7. The minimum Gasteiger partial charge on any atom is -0.496 e. The summed E-state index contributed by atoms with van der Waals surface area (Å²) in [4.78, 5) is 74.1. The first kappa shape index (κ1) is 52.6. The Morgan fingerprint density at radius 2 is 1.76 bits per heavy atom. The number of carbonyl (C=O) groups is 4. The van der Waals surface area contributed by atoms with Crippen LogP contribution in [0.3, 0.4) is 0 Å². The lowest BCUT2D eigenvalue weighted by molar-refractivity contribution is -0.144. The summed E-state index contributed by atoms with van der Waals surface area (Å²) in [6.45, 7) is 14.0. The molecule has 0 radical (unpaired) electrons. The van der Waals surface area contributed by atoms with E-state index in [-0.39, 0.29) is 58.3 Å². The number of H-pyrrole nitrogens is 1. The molecule has 2 aliphatic rings. The number of aliphatic hydroxyl groups is 1. The molecule has 75 heavy (non-hydrogen) atoms. The normalized spacial score (nSPS) is 16.1. The summed E-state index contributed by atoms with van der Waals surface area (Å²) in [6, 6.07) is 11.8. The van der Waals surface area contributed by atoms with Crippen LogP contribution in [0.2, 0.25) is 0 Å². The first-order valence-electron chi connectivity index (χ1n) is 25.2. The first-order valence-corrected chi connectivity index (χ1v) is 26.1. The van der Waals surface area contributed by atoms with Gasteiger partial charge in [0, 0.05) is 61.1 Å². The van der Waals surface area contributed by atoms with Crippen LogP contribution >= 0.6 is 11.3 Å². The second-order valence-electron chi connectivity index (χ2n) is 20.1. The highest BCUT2D eigenvalue weighted by Gasteiger charge is 2.44. The first-order chi connectivity index (χ1) is 36.0. The van der Waals surface area contributed by atoms with Gasteiger partial charge >= 0.3 is 0 Å². The highest BCUT2D eigenvalue weighted by Crippen LogP contribution is 2.43. The molecule has 21 nitrogen and oxygen atoms in total. The van der Waals surface area contributed by atoms with Crippen molar-refractivity contribution in [2.24, 2.45) is 5.41 Å². The third-order valence-corrected chi connectivity index (χ3v) is 14.4. The van der Waals surface area contributed by atoms with Gasteiger partial charge < -0.3 is 55.0 Å². The number of aryl methyl sites for hydroxylation is 4. The number of amides is 4. The number of aromatic amines is 1. The van der Waals surface area contributed by atoms with Crippen LogP contribution < -0.4 is 26.0 Å². The zero-order chi connectivity index (χ0) is 53.1. The third kappa shape index (κ3) is 11.7. The predicted molar refractivity (Wildman–Crippen MR) is 282 cm³/mol. The van der Waals surface area contributed by atoms with E-state index in [1.165, 1.54) is 4.90 Å². The van der Waals surface area contributed by atoms with Gasteiger partial charge in [-0.3, -0.25) is 19.2 Å². The Bertz CT molecular complexity index is 3200. The number of nitrogens with one attached hydrogen (secondary N) is 5. The third-order valence-electron chi connectivity index (χ3n) is 13.5. The van der Waals surface area contributed by atoms with Crippen molar-refractivity contribution in [1.29, 1.82) is 0 Å². The summed E-state index contributed by atoms with van der Waals surface area (Å²) in [6.07, 6.45) is 1.36. The van der Waals surface area contributed by atoms with Crippen molar-refractivity contribution in [3.63, 3.8) is 0 Å². The molecule has 7 aromatic rings. The van der Waals surface area contributed by atoms with Crippen LogP contribution in [0.1, 0.15) is 91.9 Å². The number of benzene rings is 2. The Morgan fingerprint density at radius 1 is 0.987 bits per heavy atom. The van der Waals surface area contributed by atoms with E-state index >= 15 is 0 Å². The molecule has 1 aliphatic heterocycles. The molecular weight excluding hydrogens is 981 g/mol. The Hall–Kier alpha value is -7.27. The zero-order valence-corrected chi connectivity index (χ0v) is 44.3. The van der Waals surface area contributed by atoms with Gasteiger partial charge in [-0.2, -0.15) is 5.10 Å². The van der Waals surface area contributed by atoms with Crippen LogP contribution in [0.4, 0.5) is 11.6 Å². The standard InChI is InChI=1S/C53H64N12O9S/c1-9-65-41(23-37(62-65)32-14-15-32)58-48-44-35-22-40(71-8)36(43-28(2)63-74-30(43)4)21-38(35)57-47(44)60-49(61-48)51(69)54-16-17-72-18-19-73-26-42(67)59-46(53(5,6)7)52(70)64-25-34(66)20-39(64)50(68)55-24-31-10-12-33(13-11-31)45-29(3)56-27-75-45/h10-13,21-23,27,32,34,39,46,66H,9,14-20,24-26H2,1-8H3,(H,54,69)(H,55,68)(H,59,67)(H2,57,58,60,61). The lowest BCUT2D eigenvalue weighted by Gasteiger charge is -2.35. The quantitative estimate of drug-likeness (QED) is 0.0436. The van der Waals surface area contributed by atoms with Crippen molar-refractivity contribution in [3.05, 3.63) is 82.2 Å². The van der Waals surface area contributed by atoms with Crippen LogP contribution in [-0.4, -0.2) is 133 Å². The lowest BCUT2D eigenvalue weighted by atomic mass is 9.85. The maximum absolute atomic E-state index is 14.1. The molecule has 9 rings (SSSR count). The molecule has 1 saturated carbocycles. The van der Waals surface area contributed by atoms with Crippen molar-refractivity contribution < 1.29 is 43.0 Å². The van der Waals surface area contributed by atoms with Crippen LogP contribution in [0.5, 0.6) is 5.75 Å². The van der Waals surface area contributed by atoms with Crippen LogP contribution in [-0.2, 0) is 36.9 Å². The second kappa shape index (κ2) is 22.3. The molecular formula is C53H64N12O9S. The van der Waals surface area contributed by atoms with Gasteiger partial charge in [-0.15, -0.1) is 11.3 Å². The Balaban J connectivity index is 0.775. The number of ether oxygens (including phenoxy) is 3. The molecule has 4 amide bonds. The van der Waals surface area contributed by atoms with E-state index in [0.717, 1.165) is 73.8 Å². The molecule has 6 N–H and O–H groups in total. The lowest BCUT2D eigenvalue weighted by Crippen LogP contribution is -2.58. The van der Waals surface area contributed by atoms with Gasteiger partial charge in [0.2, 0.25) is 23.5 Å². The Kier molecular flexibility index (Phi) is 15.6. The summed E-state index contributed by atoms with van der Waals surface area (Å²) >= 11 is 1.56. The molecule has 1 aliphatic carbocycles. The molecule has 1 saturated heterocycles. The number of likely N-dealkylation sites (tertiary alicyclic amines) is 1. The zero-order valence-electron chi connectivity index (χ0n) is 43.5. The minimum absolute atomic E-state index is 0.0448. The summed E-state index contributed by atoms with van der Waals surface area (Å²) in [5, 5.41) is 33.1. The number of rotatable bonds is 21. The second-order valence-corrected chi connectivity index (χ2v) is 20.9. The van der Waals surface area contributed by atoms with Gasteiger partial charge in [-0.05, 0) is 69.2 Å². The molecule has 6 heterocycles. The van der Waals surface area contributed by atoms with Crippen LogP contribution in [0.25, 0.3) is 43.5 Å². The van der Waals surface area contributed by atoms with E-state index < -0.39 is 47.2 Å². The van der Waals surface area contributed by atoms with E-state index in [1.54, 1.807) is 24.0 Å². The maximum atomic E-state index is 14.1. The van der Waals surface area contributed by atoms with Gasteiger partial charge in [-0.25, -0.2) is 19.6 Å². The SMILES string of the molecule is CCn1nc(C2CC2)cc1Nc1nc(C(=O)NCCOCCOCC(=O)NC(C(=O)N2CC(O)CC2C(=O)NCc2ccc(-c3scnc3C)cc2)C(C)(C)C)nc2[nH]c3cc(-c4c(C)noc4C)c(OC)cc3c12. The smallest absolute Gasteiger partial charge is 0.289 e. The van der Waals surface area contributed by atoms with E-state index in [0.29, 0.717) is 40.8 Å². The molecule has 5 aromatic heterocycles. The van der Waals surface area contributed by atoms with Crippen molar-refractivity contribution in [2.75, 3.05) is 51.9 Å². The number of hydrogen-bond donors (Lipinski definition) is 6. The van der Waals surface area contributed by atoms with Crippen molar-refractivity contribution in [3.8, 4) is 27.3 Å². The maximum Gasteiger partial charge on any atom is 0.289 e. The molecule has 0 bridgehead atoms. The van der Waals surface area contributed by atoms with Gasteiger partial charge in [0.05, 0.1) is 71.5 Å². The number of carbonyl (C=O) groups excluding carboxylic acids is 4. The number of thiazole rings is 1. The van der Waals surface area contributed by atoms with Crippen molar-refractivity contribution >= 4 is 68.5 Å². The average Bonchev–Trinajstić information content (AvgIpc) is 3.67. The molecule has 3 unspecified atom stereocenters. The Labute approximate surface area is 437 Å². The van der Waals surface area contributed by atoms with Crippen molar-refractivity contribution in [2.45, 2.75) is 105 Å². The van der Waals surface area contributed by atoms with Crippen molar-refractivity contribution in [1.82, 2.24) is 55.7 Å². The van der Waals surface area contributed by atoms with Crippen LogP contribution in [0, 0.1) is 26.2 Å². The summed E-state index contributed by atoms with van der Waals surface area (Å²) in [5.74, 6) is 0.846. The monoisotopic (exact) mass is 1040 g/mol. The number of β-amino-alcohol motifs (C(OH)–C–C–N with tert-alkyl or cyclic N) is 1. The largest absolute Gasteiger partial charge is 0.496 e. The topological polar surface area (TPSA) is 266 Å². The fraction of sp³-hybridized carbons (Fsp3) is 0.453. The molecule has 3 atom stereocenters. The van der Waals surface area contributed by atoms with Gasteiger partial charge in [0.15, 0.2) is 0 Å². The number of aliphatic hydroxyl groups excluding tert-OH is 1. The predicted octanol–water partition coefficient (Wildman–Crippen LogP) is 6.23. The summed E-state index contributed by atoms with van der Waals surface area (Å²) in [7, 11) is 1.61. The number of hydrogen-bond acceptors (Lipinski definition) is 16. The summed E-state index contributed by atoms with van der Waals surface area (Å²) < 4.78 is 24.6.